The standard InChI is InChI=1S/C14H28N2.C14H19NO.C13H25NO.C12H23NO.C12H23N.C11H22N2.C11H21NO/c1-13(2,3)16-11-7-14(8-12-16)5-9-15(4)10-6-14;1-13(2,3)11-6-7-12(15-10-11)8-9-14(4,5)16;1-12(2,3)14-8-4-13(5-9-14)6-10-15-11-7-13;1-11(2,3)13-7-4-12(10-13)5-8-14-9-6-12;1-11(2,3)13-9-12(10-13)7-5-4-6-8-12;1-11(2,3)13-9-8-12-6-4-10(13)5-7-12;1-10(2,3)12-8-11(9-12)4-6-13-7-5-11/h5-12H2,1-4H3;6-7,10,16H,1-5H3;4-11H2,1-3H3;4-10H2,1-3H3;4-10H2,1-3H3;10H,4-9H2,1-3H3;4-9H2,1-3H3. The van der Waals surface area contributed by atoms with E-state index in [1.54, 1.807) is 13.8 Å². The Bertz CT molecular complexity index is 2520. The van der Waals surface area contributed by atoms with E-state index in [2.05, 4.69) is 208 Å². The molecule has 0 radical (unpaired) electrons. The van der Waals surface area contributed by atoms with Gasteiger partial charge in [-0.25, -0.2) is 4.98 Å². The third-order valence-electron chi connectivity index (χ3n) is 26.2. The fourth-order valence-electron chi connectivity index (χ4n) is 18.0. The Hall–Kier alpha value is -1.77. The summed E-state index contributed by atoms with van der Waals surface area (Å²) in [4.78, 5) is 25.2. The predicted molar refractivity (Wildman–Crippen MR) is 424 cm³/mol. The molecule has 0 aromatic carbocycles. The van der Waals surface area contributed by atoms with Crippen molar-refractivity contribution in [2.45, 2.75) is 338 Å². The molecule has 2 bridgehead atoms. The molecule has 13 aliphatic rings. The number of fused-ring (bicyclic) bond motifs is 4. The van der Waals surface area contributed by atoms with Crippen LogP contribution in [0.5, 0.6) is 0 Å². The van der Waals surface area contributed by atoms with Gasteiger partial charge >= 0.3 is 0 Å². The summed E-state index contributed by atoms with van der Waals surface area (Å²) in [5.74, 6) is 5.59. The molecule has 0 amide bonds. The van der Waals surface area contributed by atoms with Crippen molar-refractivity contribution < 1.29 is 19.3 Å². The second-order valence-corrected chi connectivity index (χ2v) is 41.8. The minimum absolute atomic E-state index is 0.106. The highest BCUT2D eigenvalue weighted by Crippen LogP contribution is 2.48. The Morgan fingerprint density at radius 3 is 1.11 bits per heavy atom. The van der Waals surface area contributed by atoms with Crippen molar-refractivity contribution in [1.29, 1.82) is 0 Å². The zero-order chi connectivity index (χ0) is 73.9. The van der Waals surface area contributed by atoms with E-state index in [4.69, 9.17) is 14.2 Å². The van der Waals surface area contributed by atoms with Crippen LogP contribution in [-0.4, -0.2) is 246 Å². The zero-order valence-corrected chi connectivity index (χ0v) is 70.2. The van der Waals surface area contributed by atoms with Gasteiger partial charge in [-0.05, 0) is 358 Å². The number of ether oxygens (including phenoxy) is 3. The molecule has 13 heteroatoms. The van der Waals surface area contributed by atoms with E-state index in [0.717, 1.165) is 51.1 Å². The second kappa shape index (κ2) is 35.1. The lowest BCUT2D eigenvalue weighted by Crippen LogP contribution is -2.63. The molecule has 13 fully saturated rings. The van der Waals surface area contributed by atoms with E-state index in [-0.39, 0.29) is 5.41 Å². The molecule has 1 aliphatic carbocycles. The Morgan fingerprint density at radius 2 is 0.740 bits per heavy atom. The molecule has 100 heavy (non-hydrogen) atoms. The molecular weight excluding hydrogens is 1240 g/mol. The highest BCUT2D eigenvalue weighted by molar-refractivity contribution is 5.33. The van der Waals surface area contributed by atoms with Crippen LogP contribution in [0.2, 0.25) is 0 Å². The van der Waals surface area contributed by atoms with Crippen LogP contribution in [0.15, 0.2) is 18.3 Å². The summed E-state index contributed by atoms with van der Waals surface area (Å²) in [6, 6.07) is 4.78. The number of aliphatic hydroxyl groups is 1. The monoisotopic (exact) mass is 1400 g/mol. The fraction of sp³-hybridized carbons (Fsp3) is 0.920. The van der Waals surface area contributed by atoms with Crippen LogP contribution >= 0.6 is 0 Å². The molecule has 13 nitrogen and oxygen atoms in total. The van der Waals surface area contributed by atoms with Gasteiger partial charge in [0.1, 0.15) is 11.3 Å². The maximum Gasteiger partial charge on any atom is 0.120 e. The number of hydrogen-bond acceptors (Lipinski definition) is 13. The first kappa shape index (κ1) is 85.5. The third-order valence-corrected chi connectivity index (χ3v) is 26.2. The normalized spacial score (nSPS) is 26.9. The maximum atomic E-state index is 9.46. The molecule has 13 heterocycles. The second-order valence-electron chi connectivity index (χ2n) is 41.8. The topological polar surface area (TPSA) is 86.7 Å². The van der Waals surface area contributed by atoms with Crippen molar-refractivity contribution in [2.75, 3.05) is 151 Å². The number of rotatable bonds is 0. The number of nitrogens with zero attached hydrogens (tertiary/aromatic N) is 9. The van der Waals surface area contributed by atoms with E-state index in [1.807, 2.05) is 18.3 Å². The smallest absolute Gasteiger partial charge is 0.120 e. The van der Waals surface area contributed by atoms with Crippen molar-refractivity contribution in [3.05, 3.63) is 29.6 Å². The van der Waals surface area contributed by atoms with E-state index in [1.165, 1.54) is 239 Å². The predicted octanol–water partition coefficient (Wildman–Crippen LogP) is 16.6. The van der Waals surface area contributed by atoms with Gasteiger partial charge in [0.05, 0.1) is 0 Å². The molecule has 12 saturated heterocycles. The van der Waals surface area contributed by atoms with Gasteiger partial charge in [-0.15, -0.1) is 0 Å². The van der Waals surface area contributed by atoms with Gasteiger partial charge < -0.3 is 29.1 Å². The largest absolute Gasteiger partial charge is 0.381 e. The maximum absolute atomic E-state index is 9.46. The Labute approximate surface area is 618 Å². The summed E-state index contributed by atoms with van der Waals surface area (Å²) >= 11 is 0. The number of hydrogen-bond donors (Lipinski definition) is 1. The summed E-state index contributed by atoms with van der Waals surface area (Å²) in [6.07, 6.45) is 29.6. The molecule has 12 aliphatic heterocycles. The van der Waals surface area contributed by atoms with Gasteiger partial charge in [0.15, 0.2) is 0 Å². The van der Waals surface area contributed by atoms with Crippen LogP contribution in [0.3, 0.4) is 0 Å². The van der Waals surface area contributed by atoms with Gasteiger partial charge in [0, 0.05) is 136 Å². The molecule has 1 saturated carbocycles. The summed E-state index contributed by atoms with van der Waals surface area (Å²) in [6.45, 7) is 78.6. The summed E-state index contributed by atoms with van der Waals surface area (Å²) in [5, 5.41) is 9.46. The van der Waals surface area contributed by atoms with Gasteiger partial charge in [0.2, 0.25) is 0 Å². The van der Waals surface area contributed by atoms with E-state index >= 15 is 0 Å². The first-order valence-corrected chi connectivity index (χ1v) is 41.1. The molecule has 14 rings (SSSR count). The number of piperidine rings is 4. The molecule has 1 aromatic rings. The van der Waals surface area contributed by atoms with Crippen LogP contribution in [0.25, 0.3) is 0 Å². The quantitative estimate of drug-likeness (QED) is 0.251. The molecule has 0 unspecified atom stereocenters. The number of pyridine rings is 1. The lowest BCUT2D eigenvalue weighted by molar-refractivity contribution is -0.113. The van der Waals surface area contributed by atoms with Crippen LogP contribution in [-0.2, 0) is 19.6 Å². The van der Waals surface area contributed by atoms with Gasteiger partial charge in [-0.3, -0.25) is 29.4 Å². The van der Waals surface area contributed by atoms with E-state index in [9.17, 15) is 5.11 Å². The third kappa shape index (κ3) is 26.3. The van der Waals surface area contributed by atoms with Crippen LogP contribution in [0.1, 0.15) is 299 Å². The van der Waals surface area contributed by atoms with Crippen molar-refractivity contribution in [3.63, 3.8) is 0 Å². The molecule has 5 spiro atoms. The first-order valence-electron chi connectivity index (χ1n) is 41.1. The zero-order valence-electron chi connectivity index (χ0n) is 70.2. The van der Waals surface area contributed by atoms with Crippen LogP contribution < -0.4 is 0 Å². The van der Waals surface area contributed by atoms with Gasteiger partial charge in [0.25, 0.3) is 0 Å². The SMILES string of the molecule is CC(C)(C)N1CC2(CCCCC2)C1.CC(C)(C)N1CC2(CCOCC2)C1.CC(C)(C)N1CCC2(CCOCC2)C1.CC(C)(C)N1CCC2(CCOCC2)CC1.CC(C)(C)N1CCN2CCC1CC2.CC(C)(O)C#Cc1ccc(C(C)(C)C)cn1.CN1CCC2(CC1)CCN(C(C)(C)C)CC2. The van der Waals surface area contributed by atoms with E-state index < -0.39 is 5.60 Å². The molecule has 1 N–H and O–H groups in total. The molecule has 1 aromatic heterocycles. The van der Waals surface area contributed by atoms with Crippen molar-refractivity contribution in [2.24, 2.45) is 27.1 Å². The Morgan fingerprint density at radius 1 is 0.380 bits per heavy atom. The Kier molecular flexibility index (Phi) is 30.0. The highest BCUT2D eigenvalue weighted by Gasteiger charge is 2.49. The summed E-state index contributed by atoms with van der Waals surface area (Å²) < 4.78 is 16.3. The number of aromatic nitrogens is 1. The highest BCUT2D eigenvalue weighted by atomic mass is 16.5. The van der Waals surface area contributed by atoms with Gasteiger partial charge in [-0.1, -0.05) is 52.0 Å². The van der Waals surface area contributed by atoms with E-state index in [0.29, 0.717) is 60.6 Å². The molecule has 0 atom stereocenters. The van der Waals surface area contributed by atoms with Crippen LogP contribution in [0.4, 0.5) is 0 Å². The minimum atomic E-state index is -0.968. The minimum Gasteiger partial charge on any atom is -0.381 e. The van der Waals surface area contributed by atoms with Crippen molar-refractivity contribution in [1.82, 2.24) is 44.2 Å². The average Bonchev–Trinajstić information content (AvgIpc) is 1.13. The summed E-state index contributed by atoms with van der Waals surface area (Å²) in [5.41, 5.74) is 6.55. The van der Waals surface area contributed by atoms with Crippen LogP contribution in [0, 0.1) is 38.9 Å². The molecule has 578 valence electrons. The number of likely N-dealkylation sites (tertiary alicyclic amines) is 6. The van der Waals surface area contributed by atoms with Gasteiger partial charge in [-0.2, -0.15) is 0 Å². The first-order chi connectivity index (χ1) is 46.2. The lowest BCUT2D eigenvalue weighted by Gasteiger charge is -2.57. The molecular formula is C87H161N9O4. The van der Waals surface area contributed by atoms with Crippen molar-refractivity contribution in [3.8, 4) is 11.8 Å². The lowest BCUT2D eigenvalue weighted by atomic mass is 9.67. The van der Waals surface area contributed by atoms with Crippen molar-refractivity contribution >= 4 is 0 Å². The average molecular weight is 1400 g/mol. The Balaban J connectivity index is 0.000000164. The summed E-state index contributed by atoms with van der Waals surface area (Å²) in [7, 11) is 2.26. The fourth-order valence-corrected chi connectivity index (χ4v) is 18.0.